The summed E-state index contributed by atoms with van der Waals surface area (Å²) in [7, 11) is 0. The number of aryl methyl sites for hydroxylation is 1. The summed E-state index contributed by atoms with van der Waals surface area (Å²) in [6, 6.07) is 15.8. The summed E-state index contributed by atoms with van der Waals surface area (Å²) in [5, 5.41) is 3.37. The Kier molecular flexibility index (Phi) is 5.17. The molecule has 0 saturated heterocycles. The summed E-state index contributed by atoms with van der Waals surface area (Å²) >= 11 is 0. The molecule has 0 spiro atoms. The van der Waals surface area contributed by atoms with Gasteiger partial charge in [-0.25, -0.2) is 9.37 Å². The second kappa shape index (κ2) is 7.70. The molecule has 0 unspecified atom stereocenters. The molecule has 1 heterocycles. The van der Waals surface area contributed by atoms with E-state index < -0.39 is 0 Å². The Labute approximate surface area is 135 Å². The van der Waals surface area contributed by atoms with Crippen LogP contribution in [0.4, 0.5) is 4.39 Å². The van der Waals surface area contributed by atoms with Crippen molar-refractivity contribution >= 4 is 0 Å². The largest absolute Gasteiger partial charge is 0.313 e. The van der Waals surface area contributed by atoms with Crippen LogP contribution < -0.4 is 5.32 Å². The quantitative estimate of drug-likeness (QED) is 0.674. The average molecular weight is 309 g/mol. The van der Waals surface area contributed by atoms with Gasteiger partial charge in [-0.05, 0) is 42.6 Å². The maximum absolute atomic E-state index is 14.1. The first-order chi connectivity index (χ1) is 11.3. The fourth-order valence-corrected chi connectivity index (χ4v) is 2.57. The zero-order valence-corrected chi connectivity index (χ0v) is 13.0. The Bertz CT molecular complexity index is 724. The zero-order valence-electron chi connectivity index (χ0n) is 13.0. The molecule has 3 nitrogen and oxygen atoms in total. The third-order valence-electron chi connectivity index (χ3n) is 3.79. The normalized spacial score (nSPS) is 10.8. The molecule has 23 heavy (non-hydrogen) atoms. The standard InChI is InChI=1S/C19H20FN3/c20-18-13-17(8-9-19(18)23-12-11-22-15-23)14-21-10-4-7-16-5-2-1-3-6-16/h1-3,5-6,8-9,11-13,15,21H,4,7,10,14H2. The Hall–Kier alpha value is -2.46. The summed E-state index contributed by atoms with van der Waals surface area (Å²) in [5.41, 5.74) is 2.83. The molecule has 3 aromatic rings. The number of benzene rings is 2. The van der Waals surface area contributed by atoms with E-state index in [1.807, 2.05) is 12.1 Å². The van der Waals surface area contributed by atoms with Crippen molar-refractivity contribution in [2.45, 2.75) is 19.4 Å². The molecule has 4 heteroatoms. The molecule has 0 saturated carbocycles. The molecule has 2 aromatic carbocycles. The summed E-state index contributed by atoms with van der Waals surface area (Å²) < 4.78 is 15.8. The number of imidazole rings is 1. The number of nitrogens with one attached hydrogen (secondary N) is 1. The lowest BCUT2D eigenvalue weighted by Gasteiger charge is -2.08. The van der Waals surface area contributed by atoms with Gasteiger partial charge in [0.15, 0.2) is 0 Å². The van der Waals surface area contributed by atoms with Crippen molar-refractivity contribution in [2.24, 2.45) is 0 Å². The molecule has 0 fully saturated rings. The van der Waals surface area contributed by atoms with Gasteiger partial charge in [-0.1, -0.05) is 36.4 Å². The van der Waals surface area contributed by atoms with Crippen LogP contribution in [0.5, 0.6) is 0 Å². The fraction of sp³-hybridized carbons (Fsp3) is 0.211. The number of rotatable bonds is 7. The molecule has 0 atom stereocenters. The van der Waals surface area contributed by atoms with Crippen LogP contribution in [0.2, 0.25) is 0 Å². The van der Waals surface area contributed by atoms with Crippen LogP contribution in [0, 0.1) is 5.82 Å². The Morgan fingerprint density at radius 2 is 1.91 bits per heavy atom. The van der Waals surface area contributed by atoms with E-state index in [1.165, 1.54) is 5.56 Å². The van der Waals surface area contributed by atoms with Crippen molar-refractivity contribution in [3.63, 3.8) is 0 Å². The van der Waals surface area contributed by atoms with Crippen LogP contribution in [0.3, 0.4) is 0 Å². The van der Waals surface area contributed by atoms with E-state index in [0.29, 0.717) is 12.2 Å². The molecule has 118 valence electrons. The molecule has 0 radical (unpaired) electrons. The summed E-state index contributed by atoms with van der Waals surface area (Å²) in [6.07, 6.45) is 7.10. The van der Waals surface area contributed by atoms with Gasteiger partial charge in [0, 0.05) is 18.9 Å². The number of aromatic nitrogens is 2. The molecule has 0 bridgehead atoms. The van der Waals surface area contributed by atoms with Crippen LogP contribution in [-0.2, 0) is 13.0 Å². The molecule has 0 aliphatic carbocycles. The molecule has 3 rings (SSSR count). The third-order valence-corrected chi connectivity index (χ3v) is 3.79. The lowest BCUT2D eigenvalue weighted by Crippen LogP contribution is -2.15. The van der Waals surface area contributed by atoms with E-state index in [1.54, 1.807) is 35.4 Å². The highest BCUT2D eigenvalue weighted by atomic mass is 19.1. The molecular formula is C19H20FN3. The summed E-state index contributed by atoms with van der Waals surface area (Å²) in [4.78, 5) is 3.94. The van der Waals surface area contributed by atoms with Gasteiger partial charge in [-0.2, -0.15) is 0 Å². The van der Waals surface area contributed by atoms with Crippen molar-refractivity contribution in [1.82, 2.24) is 14.9 Å². The van der Waals surface area contributed by atoms with Crippen LogP contribution in [-0.4, -0.2) is 16.1 Å². The minimum absolute atomic E-state index is 0.230. The van der Waals surface area contributed by atoms with Crippen LogP contribution >= 0.6 is 0 Å². The predicted molar refractivity (Wildman–Crippen MR) is 90.0 cm³/mol. The van der Waals surface area contributed by atoms with Crippen molar-refractivity contribution in [1.29, 1.82) is 0 Å². The predicted octanol–water partition coefficient (Wildman–Crippen LogP) is 3.73. The smallest absolute Gasteiger partial charge is 0.147 e. The maximum Gasteiger partial charge on any atom is 0.147 e. The van der Waals surface area contributed by atoms with Crippen LogP contribution in [0.15, 0.2) is 67.3 Å². The van der Waals surface area contributed by atoms with E-state index in [4.69, 9.17) is 0 Å². The van der Waals surface area contributed by atoms with E-state index >= 15 is 0 Å². The van der Waals surface area contributed by atoms with Crippen LogP contribution in [0.1, 0.15) is 17.5 Å². The highest BCUT2D eigenvalue weighted by molar-refractivity contribution is 5.36. The van der Waals surface area contributed by atoms with Crippen LogP contribution in [0.25, 0.3) is 5.69 Å². The number of hydrogen-bond acceptors (Lipinski definition) is 2. The van der Waals surface area contributed by atoms with Gasteiger partial charge in [-0.3, -0.25) is 0 Å². The fourth-order valence-electron chi connectivity index (χ4n) is 2.57. The second-order valence-electron chi connectivity index (χ2n) is 5.52. The molecular weight excluding hydrogens is 289 g/mol. The molecule has 1 aromatic heterocycles. The van der Waals surface area contributed by atoms with Gasteiger partial charge < -0.3 is 9.88 Å². The SMILES string of the molecule is Fc1cc(CNCCCc2ccccc2)ccc1-n1ccnc1. The van der Waals surface area contributed by atoms with E-state index in [-0.39, 0.29) is 5.82 Å². The Morgan fingerprint density at radius 3 is 2.65 bits per heavy atom. The summed E-state index contributed by atoms with van der Waals surface area (Å²) in [5.74, 6) is -0.230. The molecule has 1 N–H and O–H groups in total. The lowest BCUT2D eigenvalue weighted by atomic mass is 10.1. The third kappa shape index (κ3) is 4.27. The molecule has 0 aliphatic rings. The van der Waals surface area contributed by atoms with E-state index in [0.717, 1.165) is 24.9 Å². The highest BCUT2D eigenvalue weighted by Gasteiger charge is 2.05. The number of hydrogen-bond donors (Lipinski definition) is 1. The monoisotopic (exact) mass is 309 g/mol. The number of nitrogens with zero attached hydrogens (tertiary/aromatic N) is 2. The molecule has 0 aliphatic heterocycles. The van der Waals surface area contributed by atoms with Gasteiger partial charge in [0.25, 0.3) is 0 Å². The first kappa shape index (κ1) is 15.4. The minimum atomic E-state index is -0.230. The molecule has 0 amide bonds. The van der Waals surface area contributed by atoms with Crippen molar-refractivity contribution in [3.8, 4) is 5.69 Å². The first-order valence-corrected chi connectivity index (χ1v) is 7.84. The van der Waals surface area contributed by atoms with Gasteiger partial charge >= 0.3 is 0 Å². The first-order valence-electron chi connectivity index (χ1n) is 7.84. The Morgan fingerprint density at radius 1 is 1.04 bits per heavy atom. The Balaban J connectivity index is 1.46. The van der Waals surface area contributed by atoms with Crippen molar-refractivity contribution < 1.29 is 4.39 Å². The van der Waals surface area contributed by atoms with Gasteiger partial charge in [0.2, 0.25) is 0 Å². The summed E-state index contributed by atoms with van der Waals surface area (Å²) in [6.45, 7) is 1.59. The van der Waals surface area contributed by atoms with Gasteiger partial charge in [-0.15, -0.1) is 0 Å². The average Bonchev–Trinajstić information content (AvgIpc) is 3.10. The topological polar surface area (TPSA) is 29.9 Å². The highest BCUT2D eigenvalue weighted by Crippen LogP contribution is 2.14. The van der Waals surface area contributed by atoms with Crippen molar-refractivity contribution in [2.75, 3.05) is 6.54 Å². The maximum atomic E-state index is 14.1. The van der Waals surface area contributed by atoms with Gasteiger partial charge in [0.1, 0.15) is 5.82 Å². The lowest BCUT2D eigenvalue weighted by molar-refractivity contribution is 0.608. The minimum Gasteiger partial charge on any atom is -0.313 e. The van der Waals surface area contributed by atoms with E-state index in [9.17, 15) is 4.39 Å². The zero-order chi connectivity index (χ0) is 15.9. The van der Waals surface area contributed by atoms with E-state index in [2.05, 4.69) is 34.6 Å². The van der Waals surface area contributed by atoms with Gasteiger partial charge in [0.05, 0.1) is 12.0 Å². The second-order valence-corrected chi connectivity index (χ2v) is 5.52. The number of halogens is 1. The van der Waals surface area contributed by atoms with Crippen molar-refractivity contribution in [3.05, 3.63) is 84.2 Å².